The molecular formula is C20H22F2N8O4. The number of hydrogen-bond donors (Lipinski definition) is 1. The van der Waals surface area contributed by atoms with E-state index in [2.05, 4.69) is 10.3 Å². The van der Waals surface area contributed by atoms with Gasteiger partial charge in [0.05, 0.1) is 50.5 Å². The summed E-state index contributed by atoms with van der Waals surface area (Å²) < 4.78 is 37.0. The standard InChI is InChI=1S/C20H22F2N8O4/c21-14-7-12(28-11-13(34-20(28)33)10-27-2-1-24-25-27)8-15(22)18(14)26-3-5-29-17(31)9-16(23)19(32)30(29)6-4-26/h1-2,7-8,13,16H,3-6,9-11,23H2/t13-,16-/m0/s1. The largest absolute Gasteiger partial charge is 0.442 e. The number of nitrogens with two attached hydrogens (primary N) is 1. The molecule has 12 nitrogen and oxygen atoms in total. The van der Waals surface area contributed by atoms with Crippen molar-refractivity contribution in [2.75, 3.05) is 42.5 Å². The first kappa shape index (κ1) is 22.0. The number of benzene rings is 1. The molecule has 34 heavy (non-hydrogen) atoms. The maximum Gasteiger partial charge on any atom is 0.414 e. The lowest BCUT2D eigenvalue weighted by Crippen LogP contribution is -2.61. The van der Waals surface area contributed by atoms with Gasteiger partial charge in [0.15, 0.2) is 11.6 Å². The van der Waals surface area contributed by atoms with E-state index in [4.69, 9.17) is 10.5 Å². The van der Waals surface area contributed by atoms with Gasteiger partial charge in [-0.2, -0.15) is 0 Å². The SMILES string of the molecule is N[C@H]1CC(=O)N2CCN(c3c(F)cc(N4C[C@H](Cn5ccnn5)OC4=O)cc3F)CCN2C1=O. The highest BCUT2D eigenvalue weighted by Crippen LogP contribution is 2.32. The van der Waals surface area contributed by atoms with Crippen molar-refractivity contribution < 1.29 is 27.9 Å². The molecule has 3 fully saturated rings. The van der Waals surface area contributed by atoms with Crippen molar-refractivity contribution in [1.82, 2.24) is 25.0 Å². The van der Waals surface area contributed by atoms with Crippen LogP contribution < -0.4 is 15.5 Å². The molecule has 3 aliphatic heterocycles. The van der Waals surface area contributed by atoms with E-state index in [1.165, 1.54) is 25.8 Å². The Morgan fingerprint density at radius 2 is 1.76 bits per heavy atom. The minimum absolute atomic E-state index is 0.0251. The number of anilines is 2. The lowest BCUT2D eigenvalue weighted by Gasteiger charge is -2.38. The predicted molar refractivity (Wildman–Crippen MR) is 112 cm³/mol. The first-order chi connectivity index (χ1) is 16.3. The first-order valence-electron chi connectivity index (χ1n) is 10.8. The summed E-state index contributed by atoms with van der Waals surface area (Å²) in [6.45, 7) is 0.703. The normalized spacial score (nSPS) is 23.3. The predicted octanol–water partition coefficient (Wildman–Crippen LogP) is -0.295. The van der Waals surface area contributed by atoms with Gasteiger partial charge in [-0.1, -0.05) is 5.21 Å². The van der Waals surface area contributed by atoms with E-state index in [9.17, 15) is 14.4 Å². The number of aromatic nitrogens is 3. The number of nitrogens with zero attached hydrogens (tertiary/aromatic N) is 7. The molecule has 0 saturated carbocycles. The Morgan fingerprint density at radius 1 is 1.06 bits per heavy atom. The summed E-state index contributed by atoms with van der Waals surface area (Å²) in [5, 5.41) is 10.0. The van der Waals surface area contributed by atoms with Gasteiger partial charge in [0.2, 0.25) is 5.91 Å². The summed E-state index contributed by atoms with van der Waals surface area (Å²) in [5.74, 6) is -2.44. The second-order valence-corrected chi connectivity index (χ2v) is 8.28. The molecule has 2 atom stereocenters. The summed E-state index contributed by atoms with van der Waals surface area (Å²) in [4.78, 5) is 39.6. The number of amides is 3. The summed E-state index contributed by atoms with van der Waals surface area (Å²) in [6.07, 6.45) is 1.73. The molecule has 3 saturated heterocycles. The summed E-state index contributed by atoms with van der Waals surface area (Å²) >= 11 is 0. The molecule has 5 rings (SSSR count). The fourth-order valence-corrected chi connectivity index (χ4v) is 4.44. The Bertz CT molecular complexity index is 1110. The van der Waals surface area contributed by atoms with Crippen molar-refractivity contribution in [2.24, 2.45) is 5.73 Å². The quantitative estimate of drug-likeness (QED) is 0.637. The summed E-state index contributed by atoms with van der Waals surface area (Å²) in [6, 6.07) is 1.22. The smallest absolute Gasteiger partial charge is 0.414 e. The third-order valence-corrected chi connectivity index (χ3v) is 6.08. The monoisotopic (exact) mass is 476 g/mol. The fourth-order valence-electron chi connectivity index (χ4n) is 4.44. The van der Waals surface area contributed by atoms with Crippen molar-refractivity contribution >= 4 is 29.3 Å². The van der Waals surface area contributed by atoms with Crippen molar-refractivity contribution in [3.8, 4) is 0 Å². The van der Waals surface area contributed by atoms with Crippen LogP contribution in [0.1, 0.15) is 6.42 Å². The minimum Gasteiger partial charge on any atom is -0.442 e. The number of cyclic esters (lactones) is 1. The topological polar surface area (TPSA) is 130 Å². The van der Waals surface area contributed by atoms with Crippen molar-refractivity contribution in [3.63, 3.8) is 0 Å². The minimum atomic E-state index is -0.920. The second-order valence-electron chi connectivity index (χ2n) is 8.28. The molecule has 0 bridgehead atoms. The van der Waals surface area contributed by atoms with E-state index in [-0.39, 0.29) is 63.0 Å². The van der Waals surface area contributed by atoms with Crippen LogP contribution in [0, 0.1) is 11.6 Å². The van der Waals surface area contributed by atoms with E-state index >= 15 is 8.78 Å². The lowest BCUT2D eigenvalue weighted by molar-refractivity contribution is -0.170. The molecule has 0 radical (unpaired) electrons. The molecule has 3 amide bonds. The van der Waals surface area contributed by atoms with Crippen LogP contribution in [0.5, 0.6) is 0 Å². The Kier molecular flexibility index (Phi) is 5.51. The van der Waals surface area contributed by atoms with E-state index in [0.717, 1.165) is 17.0 Å². The molecule has 1 aromatic carbocycles. The highest BCUT2D eigenvalue weighted by Gasteiger charge is 2.39. The van der Waals surface area contributed by atoms with Gasteiger partial charge in [0, 0.05) is 31.4 Å². The van der Waals surface area contributed by atoms with E-state index < -0.39 is 35.8 Å². The van der Waals surface area contributed by atoms with Crippen LogP contribution in [-0.4, -0.2) is 87.8 Å². The van der Waals surface area contributed by atoms with Crippen molar-refractivity contribution in [3.05, 3.63) is 36.2 Å². The number of fused-ring (bicyclic) bond motifs is 1. The molecular weight excluding hydrogens is 454 g/mol. The van der Waals surface area contributed by atoms with Gasteiger partial charge in [-0.15, -0.1) is 5.10 Å². The van der Waals surface area contributed by atoms with Gasteiger partial charge in [-0.05, 0) is 0 Å². The number of carbonyl (C=O) groups excluding carboxylic acids is 3. The average Bonchev–Trinajstić information content (AvgIpc) is 3.36. The highest BCUT2D eigenvalue weighted by atomic mass is 19.1. The molecule has 2 aromatic rings. The van der Waals surface area contributed by atoms with Gasteiger partial charge in [0.1, 0.15) is 11.8 Å². The van der Waals surface area contributed by atoms with Gasteiger partial charge in [0.25, 0.3) is 5.91 Å². The number of hydrogen-bond acceptors (Lipinski definition) is 8. The van der Waals surface area contributed by atoms with Crippen LogP contribution in [0.25, 0.3) is 0 Å². The molecule has 180 valence electrons. The number of rotatable bonds is 4. The van der Waals surface area contributed by atoms with Crippen LogP contribution >= 0.6 is 0 Å². The Morgan fingerprint density at radius 3 is 2.44 bits per heavy atom. The van der Waals surface area contributed by atoms with Crippen molar-refractivity contribution in [1.29, 1.82) is 0 Å². The summed E-state index contributed by atoms with van der Waals surface area (Å²) in [7, 11) is 0. The van der Waals surface area contributed by atoms with Gasteiger partial charge in [-0.3, -0.25) is 14.5 Å². The number of hydrazine groups is 1. The number of halogens is 2. The zero-order valence-electron chi connectivity index (χ0n) is 18.0. The zero-order valence-corrected chi connectivity index (χ0v) is 18.0. The second kappa shape index (κ2) is 8.52. The Hall–Kier alpha value is -3.81. The number of ether oxygens (including phenoxy) is 1. The molecule has 0 spiro atoms. The van der Waals surface area contributed by atoms with Gasteiger partial charge < -0.3 is 15.4 Å². The molecule has 1 aromatic heterocycles. The maximum absolute atomic E-state index is 15.1. The summed E-state index contributed by atoms with van der Waals surface area (Å²) in [5.41, 5.74) is 5.47. The Balaban J connectivity index is 1.33. The maximum atomic E-state index is 15.1. The molecule has 14 heteroatoms. The van der Waals surface area contributed by atoms with Crippen LogP contribution in [0.3, 0.4) is 0 Å². The Labute approximate surface area is 192 Å². The third kappa shape index (κ3) is 3.89. The lowest BCUT2D eigenvalue weighted by atomic mass is 10.1. The zero-order chi connectivity index (χ0) is 24.0. The fraction of sp³-hybridized carbons (Fsp3) is 0.450. The van der Waals surface area contributed by atoms with Crippen LogP contribution in [0.4, 0.5) is 25.0 Å². The first-order valence-corrected chi connectivity index (χ1v) is 10.8. The molecule has 0 unspecified atom stereocenters. The van der Waals surface area contributed by atoms with Gasteiger partial charge in [-0.25, -0.2) is 28.3 Å². The van der Waals surface area contributed by atoms with E-state index in [0.29, 0.717) is 0 Å². The van der Waals surface area contributed by atoms with E-state index in [1.54, 1.807) is 6.20 Å². The van der Waals surface area contributed by atoms with Crippen molar-refractivity contribution in [2.45, 2.75) is 25.1 Å². The van der Waals surface area contributed by atoms with Gasteiger partial charge >= 0.3 is 6.09 Å². The molecule has 2 N–H and O–H groups in total. The van der Waals surface area contributed by atoms with E-state index in [1.807, 2.05) is 0 Å². The highest BCUT2D eigenvalue weighted by molar-refractivity contribution is 5.93. The average molecular weight is 476 g/mol. The number of carbonyl (C=O) groups is 3. The van der Waals surface area contributed by atoms with Crippen LogP contribution in [0.15, 0.2) is 24.5 Å². The molecule has 0 aliphatic carbocycles. The molecule has 4 heterocycles. The van der Waals surface area contributed by atoms with Crippen LogP contribution in [0.2, 0.25) is 0 Å². The van der Waals surface area contributed by atoms with Crippen LogP contribution in [-0.2, 0) is 20.9 Å². The molecule has 3 aliphatic rings. The third-order valence-electron chi connectivity index (χ3n) is 6.08.